The maximum absolute atomic E-state index is 12.7. The van der Waals surface area contributed by atoms with E-state index in [9.17, 15) is 4.39 Å². The van der Waals surface area contributed by atoms with Crippen LogP contribution < -0.4 is 5.32 Å². The van der Waals surface area contributed by atoms with Crippen LogP contribution in [0.5, 0.6) is 0 Å². The Labute approximate surface area is 110 Å². The van der Waals surface area contributed by atoms with Gasteiger partial charge < -0.3 is 5.32 Å². The van der Waals surface area contributed by atoms with Gasteiger partial charge in [0.25, 0.3) is 0 Å². The van der Waals surface area contributed by atoms with Gasteiger partial charge in [0.15, 0.2) is 0 Å². The molecule has 2 aromatic rings. The molecule has 0 bridgehead atoms. The van der Waals surface area contributed by atoms with Gasteiger partial charge in [-0.15, -0.1) is 0 Å². The van der Waals surface area contributed by atoms with Crippen LogP contribution in [0.4, 0.5) is 10.1 Å². The Morgan fingerprint density at radius 1 is 1.17 bits per heavy atom. The van der Waals surface area contributed by atoms with Crippen LogP contribution in [0.15, 0.2) is 42.5 Å². The third-order valence-electron chi connectivity index (χ3n) is 2.52. The molecule has 0 aromatic heterocycles. The Hall–Kier alpha value is -2.05. The molecule has 18 heavy (non-hydrogen) atoms. The van der Waals surface area contributed by atoms with E-state index in [1.54, 1.807) is 30.3 Å². The van der Waals surface area contributed by atoms with Gasteiger partial charge >= 0.3 is 0 Å². The Morgan fingerprint density at radius 3 is 2.56 bits per heavy atom. The van der Waals surface area contributed by atoms with Crippen molar-refractivity contribution >= 4 is 17.3 Å². The van der Waals surface area contributed by atoms with E-state index < -0.39 is 0 Å². The molecule has 0 aliphatic rings. The third kappa shape index (κ3) is 2.79. The Kier molecular flexibility index (Phi) is 3.81. The predicted molar refractivity (Wildman–Crippen MR) is 69.9 cm³/mol. The van der Waals surface area contributed by atoms with Crippen molar-refractivity contribution < 1.29 is 4.39 Å². The van der Waals surface area contributed by atoms with Crippen molar-refractivity contribution in [3.8, 4) is 6.07 Å². The molecule has 0 radical (unpaired) electrons. The van der Waals surface area contributed by atoms with Crippen molar-refractivity contribution in [2.75, 3.05) is 5.32 Å². The van der Waals surface area contributed by atoms with Gasteiger partial charge in [0.05, 0.1) is 16.3 Å². The van der Waals surface area contributed by atoms with Crippen molar-refractivity contribution in [1.29, 1.82) is 5.26 Å². The maximum Gasteiger partial charge on any atom is 0.123 e. The van der Waals surface area contributed by atoms with E-state index in [0.29, 0.717) is 22.8 Å². The molecule has 1 N–H and O–H groups in total. The summed E-state index contributed by atoms with van der Waals surface area (Å²) in [5.74, 6) is -0.265. The van der Waals surface area contributed by atoms with Crippen LogP contribution in [0.3, 0.4) is 0 Å². The van der Waals surface area contributed by atoms with Gasteiger partial charge in [0.2, 0.25) is 0 Å². The molecule has 2 rings (SSSR count). The summed E-state index contributed by atoms with van der Waals surface area (Å²) < 4.78 is 12.7. The molecule has 2 aromatic carbocycles. The second-order valence-corrected chi connectivity index (χ2v) is 4.16. The van der Waals surface area contributed by atoms with Gasteiger partial charge in [-0.1, -0.05) is 29.8 Å². The van der Waals surface area contributed by atoms with E-state index in [0.717, 1.165) is 5.56 Å². The fourth-order valence-electron chi connectivity index (χ4n) is 1.58. The van der Waals surface area contributed by atoms with Gasteiger partial charge in [0, 0.05) is 6.54 Å². The quantitative estimate of drug-likeness (QED) is 0.907. The van der Waals surface area contributed by atoms with Crippen molar-refractivity contribution in [3.05, 3.63) is 64.4 Å². The molecule has 0 spiro atoms. The molecule has 0 amide bonds. The second-order valence-electron chi connectivity index (χ2n) is 3.75. The monoisotopic (exact) mass is 260 g/mol. The van der Waals surface area contributed by atoms with E-state index in [1.807, 2.05) is 0 Å². The highest BCUT2D eigenvalue weighted by Gasteiger charge is 2.05. The normalized spacial score (nSPS) is 9.83. The summed E-state index contributed by atoms with van der Waals surface area (Å²) in [6.07, 6.45) is 0. The van der Waals surface area contributed by atoms with E-state index in [-0.39, 0.29) is 5.82 Å². The molecule has 90 valence electrons. The minimum atomic E-state index is -0.265. The fourth-order valence-corrected chi connectivity index (χ4v) is 1.80. The highest BCUT2D eigenvalue weighted by molar-refractivity contribution is 6.32. The van der Waals surface area contributed by atoms with Crippen LogP contribution in [0, 0.1) is 17.1 Å². The number of anilines is 1. The van der Waals surface area contributed by atoms with Crippen LogP contribution in [0.2, 0.25) is 5.02 Å². The molecule has 0 aliphatic heterocycles. The van der Waals surface area contributed by atoms with E-state index >= 15 is 0 Å². The van der Waals surface area contributed by atoms with Gasteiger partial charge in [-0.05, 0) is 29.8 Å². The lowest BCUT2D eigenvalue weighted by Crippen LogP contribution is -2.01. The summed E-state index contributed by atoms with van der Waals surface area (Å²) in [6, 6.07) is 13.5. The fraction of sp³-hybridized carbons (Fsp3) is 0.0714. The molecular weight excluding hydrogens is 251 g/mol. The molecule has 0 heterocycles. The van der Waals surface area contributed by atoms with Gasteiger partial charge in [-0.3, -0.25) is 0 Å². The number of rotatable bonds is 3. The van der Waals surface area contributed by atoms with E-state index in [1.165, 1.54) is 12.1 Å². The molecule has 0 saturated heterocycles. The zero-order chi connectivity index (χ0) is 13.0. The van der Waals surface area contributed by atoms with Crippen LogP contribution >= 0.6 is 11.6 Å². The summed E-state index contributed by atoms with van der Waals surface area (Å²) in [5, 5.41) is 12.5. The van der Waals surface area contributed by atoms with Crippen molar-refractivity contribution in [1.82, 2.24) is 0 Å². The number of nitrogens with zero attached hydrogens (tertiary/aromatic N) is 1. The molecular formula is C14H10ClFN2. The topological polar surface area (TPSA) is 35.8 Å². The van der Waals surface area contributed by atoms with Crippen molar-refractivity contribution in [3.63, 3.8) is 0 Å². The molecule has 0 fully saturated rings. The van der Waals surface area contributed by atoms with Crippen LogP contribution in [-0.2, 0) is 6.54 Å². The molecule has 4 heteroatoms. The molecule has 0 atom stereocenters. The Morgan fingerprint density at radius 2 is 1.89 bits per heavy atom. The summed E-state index contributed by atoms with van der Waals surface area (Å²) in [6.45, 7) is 0.509. The number of nitriles is 1. The number of nitrogens with one attached hydrogen (secondary N) is 1. The van der Waals surface area contributed by atoms with Crippen LogP contribution in [0.25, 0.3) is 0 Å². The highest BCUT2D eigenvalue weighted by atomic mass is 35.5. The standard InChI is InChI=1S/C14H10ClFN2/c15-13-2-1-3-14(12(13)8-17)18-9-10-4-6-11(16)7-5-10/h1-7,18H,9H2. The average molecular weight is 261 g/mol. The Balaban J connectivity index is 2.14. The first-order chi connectivity index (χ1) is 8.70. The van der Waals surface area contributed by atoms with Crippen LogP contribution in [0.1, 0.15) is 11.1 Å². The van der Waals surface area contributed by atoms with Gasteiger partial charge in [-0.2, -0.15) is 5.26 Å². The summed E-state index contributed by atoms with van der Waals surface area (Å²) in [4.78, 5) is 0. The summed E-state index contributed by atoms with van der Waals surface area (Å²) in [5.41, 5.74) is 2.02. The molecule has 0 aliphatic carbocycles. The minimum absolute atomic E-state index is 0.265. The minimum Gasteiger partial charge on any atom is -0.380 e. The van der Waals surface area contributed by atoms with Gasteiger partial charge in [-0.25, -0.2) is 4.39 Å². The van der Waals surface area contributed by atoms with Crippen LogP contribution in [-0.4, -0.2) is 0 Å². The van der Waals surface area contributed by atoms with E-state index in [2.05, 4.69) is 11.4 Å². The first kappa shape index (κ1) is 12.4. The van der Waals surface area contributed by atoms with Crippen molar-refractivity contribution in [2.24, 2.45) is 0 Å². The molecule has 2 nitrogen and oxygen atoms in total. The zero-order valence-electron chi connectivity index (χ0n) is 9.45. The number of hydrogen-bond donors (Lipinski definition) is 1. The average Bonchev–Trinajstić information content (AvgIpc) is 2.38. The highest BCUT2D eigenvalue weighted by Crippen LogP contribution is 2.23. The molecule has 0 saturated carbocycles. The number of benzene rings is 2. The smallest absolute Gasteiger partial charge is 0.123 e. The maximum atomic E-state index is 12.7. The predicted octanol–water partition coefficient (Wildman–Crippen LogP) is 3.96. The lowest BCUT2D eigenvalue weighted by atomic mass is 10.1. The zero-order valence-corrected chi connectivity index (χ0v) is 10.2. The van der Waals surface area contributed by atoms with E-state index in [4.69, 9.17) is 16.9 Å². The van der Waals surface area contributed by atoms with Crippen molar-refractivity contribution in [2.45, 2.75) is 6.54 Å². The second kappa shape index (κ2) is 5.52. The SMILES string of the molecule is N#Cc1c(Cl)cccc1NCc1ccc(F)cc1. The summed E-state index contributed by atoms with van der Waals surface area (Å²) in [7, 11) is 0. The summed E-state index contributed by atoms with van der Waals surface area (Å²) >= 11 is 5.92. The lowest BCUT2D eigenvalue weighted by molar-refractivity contribution is 0.627. The number of halogens is 2. The number of hydrogen-bond acceptors (Lipinski definition) is 2. The Bertz CT molecular complexity index is 588. The first-order valence-electron chi connectivity index (χ1n) is 5.37. The lowest BCUT2D eigenvalue weighted by Gasteiger charge is -2.09. The third-order valence-corrected chi connectivity index (χ3v) is 2.84. The largest absolute Gasteiger partial charge is 0.380 e. The first-order valence-corrected chi connectivity index (χ1v) is 5.75. The molecule has 0 unspecified atom stereocenters. The van der Waals surface area contributed by atoms with Gasteiger partial charge in [0.1, 0.15) is 11.9 Å².